The van der Waals surface area contributed by atoms with E-state index in [4.69, 9.17) is 27.9 Å². The van der Waals surface area contributed by atoms with Crippen LogP contribution in [0, 0.1) is 11.8 Å². The molecular weight excluding hydrogens is 484 g/mol. The molecule has 1 spiro atoms. The van der Waals surface area contributed by atoms with Gasteiger partial charge in [0.2, 0.25) is 5.95 Å². The molecule has 3 fully saturated rings. The summed E-state index contributed by atoms with van der Waals surface area (Å²) in [6, 6.07) is 6.02. The summed E-state index contributed by atoms with van der Waals surface area (Å²) >= 11 is 13.6. The van der Waals surface area contributed by atoms with Crippen LogP contribution in [0.2, 0.25) is 10.0 Å². The zero-order valence-corrected chi connectivity index (χ0v) is 19.5. The molecule has 1 N–H and O–H groups in total. The second kappa shape index (κ2) is 8.13. The number of rotatable bonds is 5. The van der Waals surface area contributed by atoms with Gasteiger partial charge in [-0.05, 0) is 43.5 Å². The number of halogens is 5. The van der Waals surface area contributed by atoms with Crippen LogP contribution in [0.3, 0.4) is 0 Å². The van der Waals surface area contributed by atoms with Gasteiger partial charge in [-0.3, -0.25) is 4.90 Å². The summed E-state index contributed by atoms with van der Waals surface area (Å²) in [5, 5.41) is 0.132. The molecule has 32 heavy (non-hydrogen) atoms. The van der Waals surface area contributed by atoms with Gasteiger partial charge in [0.05, 0.1) is 28.7 Å². The van der Waals surface area contributed by atoms with Crippen LogP contribution in [0.1, 0.15) is 13.3 Å². The van der Waals surface area contributed by atoms with Gasteiger partial charge >= 0.3 is 0 Å². The lowest BCUT2D eigenvalue weighted by molar-refractivity contribution is -0.111. The SMILES string of the molecule is CC1(F)CN(C2CCOC23CN(c2cc(Cl)c(SNc4cccc(F)n4)c(F)c2Cl)C3)C1. The normalized spacial score (nSPS) is 23.8. The van der Waals surface area contributed by atoms with E-state index in [0.29, 0.717) is 38.5 Å². The Hall–Kier alpha value is -1.39. The lowest BCUT2D eigenvalue weighted by Gasteiger charge is -2.57. The smallest absolute Gasteiger partial charge is 0.214 e. The van der Waals surface area contributed by atoms with Gasteiger partial charge in [-0.1, -0.05) is 29.3 Å². The number of benzene rings is 1. The summed E-state index contributed by atoms with van der Waals surface area (Å²) in [5.74, 6) is -1.08. The highest BCUT2D eigenvalue weighted by Gasteiger charge is 2.58. The Morgan fingerprint density at radius 3 is 2.66 bits per heavy atom. The van der Waals surface area contributed by atoms with Crippen molar-refractivity contribution < 1.29 is 17.9 Å². The summed E-state index contributed by atoms with van der Waals surface area (Å²) in [7, 11) is 0. The molecule has 2 aromatic rings. The van der Waals surface area contributed by atoms with E-state index >= 15 is 4.39 Å². The van der Waals surface area contributed by atoms with Gasteiger partial charge in [0.15, 0.2) is 5.82 Å². The second-order valence-corrected chi connectivity index (χ2v) is 10.4. The van der Waals surface area contributed by atoms with E-state index < -0.39 is 23.0 Å². The maximum atomic E-state index is 15.1. The molecule has 3 aliphatic heterocycles. The third kappa shape index (κ3) is 3.92. The van der Waals surface area contributed by atoms with Crippen LogP contribution in [0.15, 0.2) is 29.2 Å². The Balaban J connectivity index is 1.29. The first-order valence-corrected chi connectivity index (χ1v) is 11.8. The highest BCUT2D eigenvalue weighted by Crippen LogP contribution is 2.47. The van der Waals surface area contributed by atoms with Crippen molar-refractivity contribution in [3.63, 3.8) is 0 Å². The molecule has 11 heteroatoms. The zero-order valence-electron chi connectivity index (χ0n) is 17.2. The maximum Gasteiger partial charge on any atom is 0.214 e. The number of hydrogen-bond donors (Lipinski definition) is 1. The summed E-state index contributed by atoms with van der Waals surface area (Å²) in [6.07, 6.45) is 0.849. The molecule has 0 bridgehead atoms. The van der Waals surface area contributed by atoms with Crippen molar-refractivity contribution in [3.8, 4) is 0 Å². The van der Waals surface area contributed by atoms with E-state index in [9.17, 15) is 8.78 Å². The Morgan fingerprint density at radius 1 is 1.22 bits per heavy atom. The monoisotopic (exact) mass is 504 g/mol. The van der Waals surface area contributed by atoms with Crippen LogP contribution in [0.4, 0.5) is 24.7 Å². The third-order valence-corrected chi connectivity index (χ3v) is 7.91. The van der Waals surface area contributed by atoms with Gasteiger partial charge in [-0.2, -0.15) is 4.39 Å². The topological polar surface area (TPSA) is 40.6 Å². The molecule has 1 unspecified atom stereocenters. The Kier molecular flexibility index (Phi) is 5.69. The molecule has 0 radical (unpaired) electrons. The minimum atomic E-state index is -1.14. The van der Waals surface area contributed by atoms with E-state index in [0.717, 1.165) is 18.4 Å². The third-order valence-electron chi connectivity index (χ3n) is 6.22. The molecule has 3 saturated heterocycles. The molecule has 3 aliphatic rings. The Morgan fingerprint density at radius 2 is 1.97 bits per heavy atom. The fourth-order valence-electron chi connectivity index (χ4n) is 4.80. The summed E-state index contributed by atoms with van der Waals surface area (Å²) < 4.78 is 51.2. The lowest BCUT2D eigenvalue weighted by atomic mass is 9.81. The Labute approximate surface area is 198 Å². The zero-order chi connectivity index (χ0) is 22.7. The van der Waals surface area contributed by atoms with E-state index in [1.165, 1.54) is 12.1 Å². The van der Waals surface area contributed by atoms with Crippen LogP contribution in [0.5, 0.6) is 0 Å². The minimum Gasteiger partial charge on any atom is -0.370 e. The number of nitrogens with one attached hydrogen (secondary N) is 1. The first kappa shape index (κ1) is 22.4. The molecule has 5 nitrogen and oxygen atoms in total. The summed E-state index contributed by atoms with van der Waals surface area (Å²) in [5.41, 5.74) is -1.06. The van der Waals surface area contributed by atoms with Gasteiger partial charge in [0.25, 0.3) is 0 Å². The summed E-state index contributed by atoms with van der Waals surface area (Å²) in [4.78, 5) is 7.83. The number of nitrogens with zero attached hydrogens (tertiary/aromatic N) is 3. The number of hydrogen-bond acceptors (Lipinski definition) is 6. The Bertz CT molecular complexity index is 1050. The van der Waals surface area contributed by atoms with E-state index in [1.807, 2.05) is 4.90 Å². The maximum absolute atomic E-state index is 15.1. The number of alkyl halides is 1. The first-order chi connectivity index (χ1) is 15.2. The minimum absolute atomic E-state index is 0.0458. The lowest BCUT2D eigenvalue weighted by Crippen LogP contribution is -2.74. The van der Waals surface area contributed by atoms with Crippen LogP contribution in [-0.4, -0.2) is 60.0 Å². The number of likely N-dealkylation sites (tertiary alicyclic amines) is 1. The van der Waals surface area contributed by atoms with Gasteiger partial charge in [-0.25, -0.2) is 13.8 Å². The number of anilines is 2. The molecule has 4 heterocycles. The molecule has 0 saturated carbocycles. The van der Waals surface area contributed by atoms with Crippen LogP contribution >= 0.6 is 35.1 Å². The highest BCUT2D eigenvalue weighted by atomic mass is 35.5. The van der Waals surface area contributed by atoms with Crippen molar-refractivity contribution in [3.05, 3.63) is 46.1 Å². The molecule has 0 aliphatic carbocycles. The average Bonchev–Trinajstić information content (AvgIpc) is 3.12. The van der Waals surface area contributed by atoms with Crippen molar-refractivity contribution >= 4 is 46.7 Å². The predicted octanol–water partition coefficient (Wildman–Crippen LogP) is 5.18. The van der Waals surface area contributed by atoms with Gasteiger partial charge in [0, 0.05) is 25.7 Å². The molecule has 1 aromatic heterocycles. The van der Waals surface area contributed by atoms with Gasteiger partial charge in [0.1, 0.15) is 22.1 Å². The van der Waals surface area contributed by atoms with Crippen LogP contribution < -0.4 is 9.62 Å². The standard InChI is InChI=1S/C21H21Cl2F3N4OS/c1-20(26)8-30(9-20)14-5-6-31-21(14)10-29(11-21)13-7-12(22)19(18(25)17(13)23)32-28-16-4-2-3-15(24)27-16/h2-4,7,14H,5-6,8-11H2,1H3,(H,27,28). The van der Waals surface area contributed by atoms with Crippen molar-refractivity contribution in [2.45, 2.75) is 35.6 Å². The summed E-state index contributed by atoms with van der Waals surface area (Å²) in [6.45, 7) is 4.11. The van der Waals surface area contributed by atoms with Gasteiger partial charge in [-0.15, -0.1) is 0 Å². The highest BCUT2D eigenvalue weighted by molar-refractivity contribution is 8.00. The van der Waals surface area contributed by atoms with E-state index in [2.05, 4.69) is 14.6 Å². The van der Waals surface area contributed by atoms with Crippen LogP contribution in [0.25, 0.3) is 0 Å². The molecule has 1 aromatic carbocycles. The largest absolute Gasteiger partial charge is 0.370 e. The predicted molar refractivity (Wildman–Crippen MR) is 120 cm³/mol. The number of aromatic nitrogens is 1. The van der Waals surface area contributed by atoms with E-state index in [1.54, 1.807) is 19.1 Å². The number of ether oxygens (including phenoxy) is 1. The quantitative estimate of drug-likeness (QED) is 0.343. The van der Waals surface area contributed by atoms with Crippen LogP contribution in [-0.2, 0) is 4.74 Å². The van der Waals surface area contributed by atoms with E-state index in [-0.39, 0.29) is 26.8 Å². The molecule has 0 amide bonds. The van der Waals surface area contributed by atoms with Crippen molar-refractivity contribution in [2.75, 3.05) is 42.4 Å². The fourth-order valence-corrected chi connectivity index (χ4v) is 6.09. The van der Waals surface area contributed by atoms with Crippen molar-refractivity contribution in [1.29, 1.82) is 0 Å². The fraction of sp³-hybridized carbons (Fsp3) is 0.476. The van der Waals surface area contributed by atoms with Crippen molar-refractivity contribution in [2.24, 2.45) is 0 Å². The molecule has 5 rings (SSSR count). The van der Waals surface area contributed by atoms with Crippen molar-refractivity contribution in [1.82, 2.24) is 9.88 Å². The first-order valence-electron chi connectivity index (χ1n) is 10.2. The molecule has 172 valence electrons. The average molecular weight is 505 g/mol. The molecule has 1 atom stereocenters. The van der Waals surface area contributed by atoms with Gasteiger partial charge < -0.3 is 14.4 Å². The second-order valence-electron chi connectivity index (χ2n) is 8.78. The molecular formula is C21H21Cl2F3N4OS. The number of pyridine rings is 1.